The summed E-state index contributed by atoms with van der Waals surface area (Å²) in [6.07, 6.45) is 0.763. The molecule has 29 heavy (non-hydrogen) atoms. The molecule has 6 heteroatoms. The van der Waals surface area contributed by atoms with Crippen LogP contribution in [0.1, 0.15) is 23.6 Å². The topological polar surface area (TPSA) is 34.1 Å². The zero-order valence-corrected chi connectivity index (χ0v) is 17.6. The van der Waals surface area contributed by atoms with Crippen LogP contribution in [0.3, 0.4) is 0 Å². The van der Waals surface area contributed by atoms with Crippen LogP contribution in [0.15, 0.2) is 71.8 Å². The Hall–Kier alpha value is -2.69. The van der Waals surface area contributed by atoms with Crippen LogP contribution in [0.25, 0.3) is 0 Å². The fourth-order valence-corrected chi connectivity index (χ4v) is 3.71. The van der Waals surface area contributed by atoms with Gasteiger partial charge in [-0.3, -0.25) is 5.01 Å². The first-order valence-electron chi connectivity index (χ1n) is 9.19. The predicted molar refractivity (Wildman–Crippen MR) is 119 cm³/mol. The molecule has 0 radical (unpaired) electrons. The summed E-state index contributed by atoms with van der Waals surface area (Å²) in [5.74, 6) is 1.64. The Bertz CT molecular complexity index is 1030. The number of rotatable bonds is 5. The molecule has 4 nitrogen and oxygen atoms in total. The highest BCUT2D eigenvalue weighted by Crippen LogP contribution is 2.39. The Morgan fingerprint density at radius 2 is 1.45 bits per heavy atom. The summed E-state index contributed by atoms with van der Waals surface area (Å²) >= 11 is 12.4. The van der Waals surface area contributed by atoms with Gasteiger partial charge >= 0.3 is 0 Å². The minimum Gasteiger partial charge on any atom is -0.497 e. The van der Waals surface area contributed by atoms with Crippen molar-refractivity contribution in [2.24, 2.45) is 5.10 Å². The average molecular weight is 427 g/mol. The second-order valence-electron chi connectivity index (χ2n) is 6.71. The molecule has 0 saturated heterocycles. The SMILES string of the molecule is COc1ccc(C2=NN(c3ccc(Cl)c(Cl)c3)C(c3ccc(OC)cc3)C2)cc1. The van der Waals surface area contributed by atoms with E-state index in [0.717, 1.165) is 40.4 Å². The number of hydrogen-bond donors (Lipinski definition) is 0. The number of anilines is 1. The molecule has 0 aromatic heterocycles. The maximum atomic E-state index is 6.27. The van der Waals surface area contributed by atoms with E-state index in [1.165, 1.54) is 0 Å². The molecule has 1 aliphatic rings. The van der Waals surface area contributed by atoms with Gasteiger partial charge < -0.3 is 9.47 Å². The molecule has 0 spiro atoms. The van der Waals surface area contributed by atoms with Gasteiger partial charge in [-0.05, 0) is 65.7 Å². The third-order valence-corrected chi connectivity index (χ3v) is 5.74. The molecule has 0 fully saturated rings. The van der Waals surface area contributed by atoms with Gasteiger partial charge in [-0.2, -0.15) is 5.10 Å². The first kappa shape index (κ1) is 19.6. The number of hydrazone groups is 1. The molecule has 0 N–H and O–H groups in total. The summed E-state index contributed by atoms with van der Waals surface area (Å²) in [7, 11) is 3.32. The van der Waals surface area contributed by atoms with Gasteiger partial charge in [0.15, 0.2) is 0 Å². The lowest BCUT2D eigenvalue weighted by molar-refractivity contribution is 0.414. The van der Waals surface area contributed by atoms with Crippen molar-refractivity contribution in [3.8, 4) is 11.5 Å². The molecule has 0 bridgehead atoms. The second-order valence-corrected chi connectivity index (χ2v) is 7.53. The highest BCUT2D eigenvalue weighted by Gasteiger charge is 2.30. The minimum absolute atomic E-state index is 0.0373. The van der Waals surface area contributed by atoms with Gasteiger partial charge in [0.05, 0.1) is 41.7 Å². The Kier molecular flexibility index (Phi) is 5.65. The predicted octanol–water partition coefficient (Wildman–Crippen LogP) is 6.37. The summed E-state index contributed by atoms with van der Waals surface area (Å²) in [6.45, 7) is 0. The molecule has 1 atom stereocenters. The summed E-state index contributed by atoms with van der Waals surface area (Å²) in [4.78, 5) is 0. The van der Waals surface area contributed by atoms with E-state index < -0.39 is 0 Å². The summed E-state index contributed by atoms with van der Waals surface area (Å²) in [6, 6.07) is 21.6. The van der Waals surface area contributed by atoms with Crippen molar-refractivity contribution in [3.63, 3.8) is 0 Å². The van der Waals surface area contributed by atoms with E-state index in [9.17, 15) is 0 Å². The third kappa shape index (κ3) is 4.04. The van der Waals surface area contributed by atoms with E-state index in [2.05, 4.69) is 12.1 Å². The monoisotopic (exact) mass is 426 g/mol. The molecule has 0 amide bonds. The van der Waals surface area contributed by atoms with Crippen LogP contribution in [0, 0.1) is 0 Å². The summed E-state index contributed by atoms with van der Waals surface area (Å²) in [5.41, 5.74) is 4.10. The van der Waals surface area contributed by atoms with Crippen LogP contribution in [-0.2, 0) is 0 Å². The largest absolute Gasteiger partial charge is 0.497 e. The average Bonchev–Trinajstić information content (AvgIpc) is 3.21. The molecule has 0 aliphatic carbocycles. The molecule has 148 valence electrons. The minimum atomic E-state index is 0.0373. The standard InChI is InChI=1S/C23H20Cl2N2O2/c1-28-18-8-3-15(4-9-18)22-14-23(16-5-10-19(29-2)11-6-16)27(26-22)17-7-12-20(24)21(25)13-17/h3-13,23H,14H2,1-2H3. The van der Waals surface area contributed by atoms with E-state index >= 15 is 0 Å². The number of hydrogen-bond acceptors (Lipinski definition) is 4. The number of benzene rings is 3. The van der Waals surface area contributed by atoms with Crippen LogP contribution in [0.4, 0.5) is 5.69 Å². The van der Waals surface area contributed by atoms with E-state index in [-0.39, 0.29) is 6.04 Å². The normalized spacial score (nSPS) is 15.9. The van der Waals surface area contributed by atoms with Crippen LogP contribution >= 0.6 is 23.2 Å². The molecule has 3 aromatic carbocycles. The Morgan fingerprint density at radius 3 is 2.03 bits per heavy atom. The van der Waals surface area contributed by atoms with Crippen LogP contribution in [-0.4, -0.2) is 19.9 Å². The second kappa shape index (κ2) is 8.36. The number of halogens is 2. The van der Waals surface area contributed by atoms with Crippen LogP contribution in [0.2, 0.25) is 10.0 Å². The van der Waals surface area contributed by atoms with Crippen LogP contribution < -0.4 is 14.5 Å². The molecule has 1 aliphatic heterocycles. The van der Waals surface area contributed by atoms with Crippen LogP contribution in [0.5, 0.6) is 11.5 Å². The van der Waals surface area contributed by atoms with Crippen molar-refractivity contribution in [2.75, 3.05) is 19.2 Å². The quantitative estimate of drug-likeness (QED) is 0.475. The summed E-state index contributed by atoms with van der Waals surface area (Å²) < 4.78 is 10.6. The Balaban J connectivity index is 1.73. The molecular weight excluding hydrogens is 407 g/mol. The van der Waals surface area contributed by atoms with Gasteiger partial charge in [-0.25, -0.2) is 0 Å². The lowest BCUT2D eigenvalue weighted by atomic mass is 9.98. The van der Waals surface area contributed by atoms with Gasteiger partial charge in [0.2, 0.25) is 0 Å². The Morgan fingerprint density at radius 1 is 0.828 bits per heavy atom. The molecule has 0 saturated carbocycles. The lowest BCUT2D eigenvalue weighted by Crippen LogP contribution is -2.18. The van der Waals surface area contributed by atoms with Crippen molar-refractivity contribution in [1.29, 1.82) is 0 Å². The number of nitrogens with zero attached hydrogens (tertiary/aromatic N) is 2. The number of methoxy groups -OCH3 is 2. The maximum Gasteiger partial charge on any atom is 0.118 e. The third-order valence-electron chi connectivity index (χ3n) is 5.00. The van der Waals surface area contributed by atoms with Crippen molar-refractivity contribution >= 4 is 34.6 Å². The van der Waals surface area contributed by atoms with Gasteiger partial charge in [0.1, 0.15) is 11.5 Å². The molecule has 1 unspecified atom stereocenters. The zero-order valence-electron chi connectivity index (χ0n) is 16.1. The molecule has 4 rings (SSSR count). The maximum absolute atomic E-state index is 6.27. The van der Waals surface area contributed by atoms with Gasteiger partial charge in [-0.15, -0.1) is 0 Å². The van der Waals surface area contributed by atoms with Crippen molar-refractivity contribution in [3.05, 3.63) is 87.9 Å². The van der Waals surface area contributed by atoms with Gasteiger partial charge in [0.25, 0.3) is 0 Å². The fraction of sp³-hybridized carbons (Fsp3) is 0.174. The fourth-order valence-electron chi connectivity index (χ4n) is 3.42. The number of ether oxygens (including phenoxy) is 2. The van der Waals surface area contributed by atoms with Gasteiger partial charge in [-0.1, -0.05) is 35.3 Å². The Labute approximate surface area is 180 Å². The zero-order chi connectivity index (χ0) is 20.4. The highest BCUT2D eigenvalue weighted by atomic mass is 35.5. The molecule has 3 aromatic rings. The van der Waals surface area contributed by atoms with E-state index in [0.29, 0.717) is 10.0 Å². The smallest absolute Gasteiger partial charge is 0.118 e. The van der Waals surface area contributed by atoms with Gasteiger partial charge in [0, 0.05) is 6.42 Å². The van der Waals surface area contributed by atoms with E-state index in [4.69, 9.17) is 37.8 Å². The molecular formula is C23H20Cl2N2O2. The first-order chi connectivity index (χ1) is 14.1. The van der Waals surface area contributed by atoms with E-state index in [1.807, 2.05) is 53.5 Å². The molecule has 1 heterocycles. The highest BCUT2D eigenvalue weighted by molar-refractivity contribution is 6.42. The van der Waals surface area contributed by atoms with Crippen molar-refractivity contribution in [2.45, 2.75) is 12.5 Å². The van der Waals surface area contributed by atoms with Crippen molar-refractivity contribution < 1.29 is 9.47 Å². The van der Waals surface area contributed by atoms with Crippen molar-refractivity contribution in [1.82, 2.24) is 0 Å². The summed E-state index contributed by atoms with van der Waals surface area (Å²) in [5, 5.41) is 7.96. The first-order valence-corrected chi connectivity index (χ1v) is 9.95. The lowest BCUT2D eigenvalue weighted by Gasteiger charge is -2.24. The van der Waals surface area contributed by atoms with E-state index in [1.54, 1.807) is 20.3 Å².